The summed E-state index contributed by atoms with van der Waals surface area (Å²) in [6.45, 7) is 2.90. The molecule has 0 saturated heterocycles. The number of methoxy groups -OCH3 is 2. The highest BCUT2D eigenvalue weighted by Crippen LogP contribution is 2.28. The first-order valence-electron chi connectivity index (χ1n) is 9.08. The van der Waals surface area contributed by atoms with Crippen LogP contribution in [0.2, 0.25) is 0 Å². The molecule has 28 heavy (non-hydrogen) atoms. The van der Waals surface area contributed by atoms with Gasteiger partial charge in [-0.25, -0.2) is 0 Å². The number of carbonyl (C=O) groups is 2. The van der Waals surface area contributed by atoms with E-state index in [9.17, 15) is 9.59 Å². The van der Waals surface area contributed by atoms with Crippen LogP contribution in [0.4, 0.5) is 5.69 Å². The average molecular weight is 380 g/mol. The van der Waals surface area contributed by atoms with Crippen LogP contribution in [-0.2, 0) is 22.6 Å². The molecule has 0 saturated carbocycles. The second-order valence-electron chi connectivity index (χ2n) is 6.61. The van der Waals surface area contributed by atoms with Crippen molar-refractivity contribution >= 4 is 23.6 Å². The SMILES string of the molecule is COc1ccc(/C=C/C(=O)Nc2ccc3c(c2)CN(C(C)=O)CC3)cc1OC. The number of hydrogen-bond acceptors (Lipinski definition) is 4. The molecule has 1 aliphatic rings. The largest absolute Gasteiger partial charge is 0.493 e. The summed E-state index contributed by atoms with van der Waals surface area (Å²) >= 11 is 0. The molecule has 0 spiro atoms. The van der Waals surface area contributed by atoms with Gasteiger partial charge in [0.05, 0.1) is 14.2 Å². The minimum Gasteiger partial charge on any atom is -0.493 e. The number of nitrogens with one attached hydrogen (secondary N) is 1. The molecule has 6 heteroatoms. The lowest BCUT2D eigenvalue weighted by atomic mass is 9.99. The molecule has 3 rings (SSSR count). The minimum atomic E-state index is -0.228. The van der Waals surface area contributed by atoms with Crippen molar-refractivity contribution < 1.29 is 19.1 Å². The molecule has 1 heterocycles. The van der Waals surface area contributed by atoms with Crippen LogP contribution in [0.3, 0.4) is 0 Å². The second kappa shape index (κ2) is 8.61. The van der Waals surface area contributed by atoms with Crippen molar-refractivity contribution in [3.8, 4) is 11.5 Å². The average Bonchev–Trinajstić information content (AvgIpc) is 2.71. The maximum atomic E-state index is 12.3. The van der Waals surface area contributed by atoms with E-state index in [1.807, 2.05) is 29.2 Å². The predicted molar refractivity (Wildman–Crippen MR) is 108 cm³/mol. The molecule has 6 nitrogen and oxygen atoms in total. The molecule has 146 valence electrons. The van der Waals surface area contributed by atoms with Crippen LogP contribution in [0, 0.1) is 0 Å². The highest BCUT2D eigenvalue weighted by atomic mass is 16.5. The van der Waals surface area contributed by atoms with Crippen LogP contribution in [0.1, 0.15) is 23.6 Å². The number of benzene rings is 2. The molecule has 2 aromatic rings. The highest BCUT2D eigenvalue weighted by molar-refractivity contribution is 6.02. The Morgan fingerprint density at radius 1 is 1.04 bits per heavy atom. The summed E-state index contributed by atoms with van der Waals surface area (Å²) in [5, 5.41) is 2.87. The Kier molecular flexibility index (Phi) is 5.99. The van der Waals surface area contributed by atoms with Gasteiger partial charge in [-0.05, 0) is 53.5 Å². The Balaban J connectivity index is 1.68. The second-order valence-corrected chi connectivity index (χ2v) is 6.61. The molecular formula is C22H24N2O4. The number of rotatable bonds is 5. The Morgan fingerprint density at radius 3 is 2.54 bits per heavy atom. The van der Waals surface area contributed by atoms with Crippen molar-refractivity contribution in [1.82, 2.24) is 4.90 Å². The molecule has 0 radical (unpaired) electrons. The van der Waals surface area contributed by atoms with Gasteiger partial charge >= 0.3 is 0 Å². The van der Waals surface area contributed by atoms with Crippen LogP contribution < -0.4 is 14.8 Å². The van der Waals surface area contributed by atoms with Crippen LogP contribution in [0.15, 0.2) is 42.5 Å². The smallest absolute Gasteiger partial charge is 0.248 e. The highest BCUT2D eigenvalue weighted by Gasteiger charge is 2.18. The molecule has 0 aliphatic carbocycles. The zero-order valence-electron chi connectivity index (χ0n) is 16.3. The fourth-order valence-corrected chi connectivity index (χ4v) is 3.22. The predicted octanol–water partition coefficient (Wildman–Crippen LogP) is 3.26. The number of nitrogens with zero attached hydrogens (tertiary/aromatic N) is 1. The lowest BCUT2D eigenvalue weighted by molar-refractivity contribution is -0.129. The van der Waals surface area contributed by atoms with E-state index in [1.165, 1.54) is 11.6 Å². The van der Waals surface area contributed by atoms with Crippen molar-refractivity contribution in [2.75, 3.05) is 26.1 Å². The molecular weight excluding hydrogens is 356 g/mol. The van der Waals surface area contributed by atoms with Crippen LogP contribution >= 0.6 is 0 Å². The number of fused-ring (bicyclic) bond motifs is 1. The first kappa shape index (κ1) is 19.5. The van der Waals surface area contributed by atoms with Crippen LogP contribution in [-0.4, -0.2) is 37.5 Å². The lowest BCUT2D eigenvalue weighted by Gasteiger charge is -2.28. The Hall–Kier alpha value is -3.28. The number of amides is 2. The van der Waals surface area contributed by atoms with Gasteiger partial charge in [0.25, 0.3) is 0 Å². The molecule has 2 aromatic carbocycles. The van der Waals surface area contributed by atoms with Gasteiger partial charge in [-0.15, -0.1) is 0 Å². The summed E-state index contributed by atoms with van der Waals surface area (Å²) in [5.74, 6) is 1.08. The van der Waals surface area contributed by atoms with Gasteiger partial charge in [0.2, 0.25) is 11.8 Å². The van der Waals surface area contributed by atoms with Crippen LogP contribution in [0.5, 0.6) is 11.5 Å². The van der Waals surface area contributed by atoms with Gasteiger partial charge in [-0.3, -0.25) is 9.59 Å². The first-order chi connectivity index (χ1) is 13.5. The first-order valence-corrected chi connectivity index (χ1v) is 9.08. The van der Waals surface area contributed by atoms with E-state index in [0.717, 1.165) is 24.1 Å². The summed E-state index contributed by atoms with van der Waals surface area (Å²) in [5.41, 5.74) is 3.83. The quantitative estimate of drug-likeness (QED) is 0.809. The summed E-state index contributed by atoms with van der Waals surface area (Å²) in [7, 11) is 3.15. The third-order valence-electron chi connectivity index (χ3n) is 4.77. The van der Waals surface area contributed by atoms with Gasteiger partial charge in [-0.1, -0.05) is 12.1 Å². The fourth-order valence-electron chi connectivity index (χ4n) is 3.22. The van der Waals surface area contributed by atoms with E-state index in [1.54, 1.807) is 39.4 Å². The van der Waals surface area contributed by atoms with Gasteiger partial charge in [0.1, 0.15) is 0 Å². The van der Waals surface area contributed by atoms with E-state index in [-0.39, 0.29) is 11.8 Å². The van der Waals surface area contributed by atoms with E-state index < -0.39 is 0 Å². The van der Waals surface area contributed by atoms with Gasteiger partial charge in [0.15, 0.2) is 11.5 Å². The Bertz CT molecular complexity index is 921. The summed E-state index contributed by atoms with van der Waals surface area (Å²) in [4.78, 5) is 25.7. The van der Waals surface area contributed by atoms with Gasteiger partial charge in [0, 0.05) is 31.8 Å². The number of anilines is 1. The maximum absolute atomic E-state index is 12.3. The van der Waals surface area contributed by atoms with Crippen molar-refractivity contribution in [3.63, 3.8) is 0 Å². The van der Waals surface area contributed by atoms with Crippen molar-refractivity contribution in [1.29, 1.82) is 0 Å². The fraction of sp³-hybridized carbons (Fsp3) is 0.273. The molecule has 2 amide bonds. The maximum Gasteiger partial charge on any atom is 0.248 e. The topological polar surface area (TPSA) is 67.9 Å². The molecule has 1 aliphatic heterocycles. The van der Waals surface area contributed by atoms with E-state index in [4.69, 9.17) is 9.47 Å². The molecule has 0 unspecified atom stereocenters. The van der Waals surface area contributed by atoms with Crippen molar-refractivity contribution in [3.05, 3.63) is 59.2 Å². The van der Waals surface area contributed by atoms with Crippen molar-refractivity contribution in [2.24, 2.45) is 0 Å². The summed E-state index contributed by atoms with van der Waals surface area (Å²) in [6.07, 6.45) is 4.03. The normalized spacial score (nSPS) is 13.2. The third kappa shape index (κ3) is 4.52. The van der Waals surface area contributed by atoms with E-state index in [0.29, 0.717) is 23.7 Å². The molecule has 1 N–H and O–H groups in total. The van der Waals surface area contributed by atoms with E-state index >= 15 is 0 Å². The Morgan fingerprint density at radius 2 is 1.82 bits per heavy atom. The molecule has 0 atom stereocenters. The van der Waals surface area contributed by atoms with Crippen LogP contribution in [0.25, 0.3) is 6.08 Å². The number of hydrogen-bond donors (Lipinski definition) is 1. The number of ether oxygens (including phenoxy) is 2. The van der Waals surface area contributed by atoms with Gasteiger partial charge < -0.3 is 19.7 Å². The zero-order valence-corrected chi connectivity index (χ0v) is 16.3. The third-order valence-corrected chi connectivity index (χ3v) is 4.77. The molecule has 0 aromatic heterocycles. The van der Waals surface area contributed by atoms with Gasteiger partial charge in [-0.2, -0.15) is 0 Å². The summed E-state index contributed by atoms with van der Waals surface area (Å²) in [6, 6.07) is 11.3. The number of carbonyl (C=O) groups excluding carboxylic acids is 2. The molecule has 0 fully saturated rings. The monoisotopic (exact) mass is 380 g/mol. The lowest BCUT2D eigenvalue weighted by Crippen LogP contribution is -2.34. The Labute approximate surface area is 164 Å². The zero-order chi connectivity index (χ0) is 20.1. The van der Waals surface area contributed by atoms with Crippen molar-refractivity contribution in [2.45, 2.75) is 19.9 Å². The summed E-state index contributed by atoms with van der Waals surface area (Å²) < 4.78 is 10.5. The molecule has 0 bridgehead atoms. The minimum absolute atomic E-state index is 0.0675. The standard InChI is InChI=1S/C22H24N2O4/c1-15(25)24-11-10-17-6-7-19(13-18(17)14-24)23-22(26)9-5-16-4-8-20(27-2)21(12-16)28-3/h4-9,12-13H,10-11,14H2,1-3H3,(H,23,26)/b9-5+. The van der Waals surface area contributed by atoms with E-state index in [2.05, 4.69) is 5.32 Å².